The maximum atomic E-state index is 12.6. The molecule has 1 aliphatic heterocycles. The Balaban J connectivity index is 1.53. The minimum Gasteiger partial charge on any atom is -0.389 e. The second kappa shape index (κ2) is 8.46. The van der Waals surface area contributed by atoms with E-state index in [0.717, 1.165) is 19.6 Å². The van der Waals surface area contributed by atoms with Crippen molar-refractivity contribution in [1.82, 2.24) is 4.90 Å². The van der Waals surface area contributed by atoms with E-state index in [1.807, 2.05) is 18.2 Å². The average Bonchev–Trinajstić information content (AvgIpc) is 2.65. The van der Waals surface area contributed by atoms with Crippen LogP contribution in [0.3, 0.4) is 0 Å². The van der Waals surface area contributed by atoms with Crippen LogP contribution >= 0.6 is 0 Å². The van der Waals surface area contributed by atoms with Gasteiger partial charge < -0.3 is 10.4 Å². The number of carbonyl (C=O) groups excluding carboxylic acids is 2. The van der Waals surface area contributed by atoms with E-state index in [2.05, 4.69) is 22.3 Å². The number of rotatable bonds is 6. The second-order valence-corrected chi connectivity index (χ2v) is 7.34. The number of hydrogen-bond acceptors (Lipinski definition) is 4. The summed E-state index contributed by atoms with van der Waals surface area (Å²) in [6, 6.07) is 17.1. The van der Waals surface area contributed by atoms with Crippen molar-refractivity contribution < 1.29 is 14.7 Å². The average molecular weight is 366 g/mol. The van der Waals surface area contributed by atoms with E-state index in [-0.39, 0.29) is 18.1 Å². The van der Waals surface area contributed by atoms with E-state index in [0.29, 0.717) is 24.1 Å². The van der Waals surface area contributed by atoms with Crippen LogP contribution in [0.4, 0.5) is 5.69 Å². The van der Waals surface area contributed by atoms with Gasteiger partial charge in [-0.15, -0.1) is 0 Å². The van der Waals surface area contributed by atoms with Crippen LogP contribution in [-0.4, -0.2) is 40.4 Å². The van der Waals surface area contributed by atoms with Gasteiger partial charge in [0.1, 0.15) is 0 Å². The first kappa shape index (κ1) is 19.3. The summed E-state index contributed by atoms with van der Waals surface area (Å²) >= 11 is 0. The van der Waals surface area contributed by atoms with Crippen molar-refractivity contribution in [3.05, 3.63) is 65.7 Å². The molecule has 5 heteroatoms. The summed E-state index contributed by atoms with van der Waals surface area (Å²) in [6.07, 6.45) is 1.32. The van der Waals surface area contributed by atoms with Gasteiger partial charge in [0, 0.05) is 44.2 Å². The standard InChI is InChI=1S/C22H26N2O3/c1-17(25)23-20-9-7-19(8-10-20)21(26)15-22(27)11-13-24(14-12-22)16-18-5-3-2-4-6-18/h2-10,27H,11-16H2,1H3,(H,23,25). The summed E-state index contributed by atoms with van der Waals surface area (Å²) in [4.78, 5) is 25.9. The number of piperidine rings is 1. The predicted molar refractivity (Wildman–Crippen MR) is 106 cm³/mol. The normalized spacial score (nSPS) is 16.7. The summed E-state index contributed by atoms with van der Waals surface area (Å²) in [7, 11) is 0. The zero-order valence-electron chi connectivity index (χ0n) is 15.6. The van der Waals surface area contributed by atoms with Gasteiger partial charge in [-0.3, -0.25) is 14.5 Å². The van der Waals surface area contributed by atoms with Crippen LogP contribution in [0.25, 0.3) is 0 Å². The predicted octanol–water partition coefficient (Wildman–Crippen LogP) is 3.24. The van der Waals surface area contributed by atoms with Crippen LogP contribution < -0.4 is 5.32 Å². The molecule has 142 valence electrons. The Morgan fingerprint density at radius 2 is 1.67 bits per heavy atom. The fraction of sp³-hybridized carbons (Fsp3) is 0.364. The van der Waals surface area contributed by atoms with Crippen molar-refractivity contribution in [2.75, 3.05) is 18.4 Å². The first-order valence-electron chi connectivity index (χ1n) is 9.33. The quantitative estimate of drug-likeness (QED) is 0.770. The van der Waals surface area contributed by atoms with Gasteiger partial charge >= 0.3 is 0 Å². The Labute approximate surface area is 160 Å². The third-order valence-corrected chi connectivity index (χ3v) is 5.05. The molecule has 0 saturated carbocycles. The van der Waals surface area contributed by atoms with E-state index < -0.39 is 5.60 Å². The van der Waals surface area contributed by atoms with Gasteiger partial charge in [-0.05, 0) is 42.7 Å². The molecule has 0 radical (unpaired) electrons. The van der Waals surface area contributed by atoms with Gasteiger partial charge in [-0.2, -0.15) is 0 Å². The summed E-state index contributed by atoms with van der Waals surface area (Å²) in [5.41, 5.74) is 1.54. The number of nitrogens with zero attached hydrogens (tertiary/aromatic N) is 1. The van der Waals surface area contributed by atoms with Crippen molar-refractivity contribution in [2.24, 2.45) is 0 Å². The molecule has 1 saturated heterocycles. The van der Waals surface area contributed by atoms with Crippen LogP contribution in [0.1, 0.15) is 42.1 Å². The van der Waals surface area contributed by atoms with Gasteiger partial charge in [0.05, 0.1) is 5.60 Å². The van der Waals surface area contributed by atoms with Gasteiger partial charge in [0.25, 0.3) is 0 Å². The van der Waals surface area contributed by atoms with Gasteiger partial charge in [0.15, 0.2) is 5.78 Å². The smallest absolute Gasteiger partial charge is 0.221 e. The number of hydrogen-bond donors (Lipinski definition) is 2. The summed E-state index contributed by atoms with van der Waals surface area (Å²) < 4.78 is 0. The van der Waals surface area contributed by atoms with Gasteiger partial charge in [-0.1, -0.05) is 30.3 Å². The molecule has 5 nitrogen and oxygen atoms in total. The van der Waals surface area contributed by atoms with Crippen molar-refractivity contribution in [2.45, 2.75) is 38.3 Å². The zero-order chi connectivity index (χ0) is 19.3. The SMILES string of the molecule is CC(=O)Nc1ccc(C(=O)CC2(O)CCN(Cc3ccccc3)CC2)cc1. The minimum atomic E-state index is -0.944. The molecular formula is C22H26N2O3. The molecule has 27 heavy (non-hydrogen) atoms. The van der Waals surface area contributed by atoms with Crippen molar-refractivity contribution in [3.63, 3.8) is 0 Å². The molecule has 2 aromatic rings. The number of amides is 1. The molecule has 2 aromatic carbocycles. The van der Waals surface area contributed by atoms with E-state index in [9.17, 15) is 14.7 Å². The second-order valence-electron chi connectivity index (χ2n) is 7.34. The maximum absolute atomic E-state index is 12.6. The largest absolute Gasteiger partial charge is 0.389 e. The van der Waals surface area contributed by atoms with Crippen LogP contribution in [0.15, 0.2) is 54.6 Å². The molecule has 1 aliphatic rings. The van der Waals surface area contributed by atoms with E-state index in [1.165, 1.54) is 12.5 Å². The lowest BCUT2D eigenvalue weighted by atomic mass is 9.85. The van der Waals surface area contributed by atoms with Gasteiger partial charge in [0.2, 0.25) is 5.91 Å². The van der Waals surface area contributed by atoms with Gasteiger partial charge in [-0.25, -0.2) is 0 Å². The summed E-state index contributed by atoms with van der Waals surface area (Å²) in [6.45, 7) is 3.87. The van der Waals surface area contributed by atoms with E-state index >= 15 is 0 Å². The molecule has 0 aliphatic carbocycles. The van der Waals surface area contributed by atoms with Crippen LogP contribution in [0.5, 0.6) is 0 Å². The topological polar surface area (TPSA) is 69.6 Å². The van der Waals surface area contributed by atoms with Crippen molar-refractivity contribution in [3.8, 4) is 0 Å². The molecule has 0 bridgehead atoms. The molecule has 1 amide bonds. The third-order valence-electron chi connectivity index (χ3n) is 5.05. The monoisotopic (exact) mass is 366 g/mol. The third kappa shape index (κ3) is 5.49. The number of ketones is 1. The van der Waals surface area contributed by atoms with Crippen LogP contribution in [0, 0.1) is 0 Å². The van der Waals surface area contributed by atoms with E-state index in [1.54, 1.807) is 24.3 Å². The Bertz CT molecular complexity index is 779. The molecular weight excluding hydrogens is 340 g/mol. The summed E-state index contributed by atoms with van der Waals surface area (Å²) in [5.74, 6) is -0.214. The highest BCUT2D eigenvalue weighted by Gasteiger charge is 2.34. The highest BCUT2D eigenvalue weighted by molar-refractivity contribution is 5.97. The Hall–Kier alpha value is -2.50. The lowest BCUT2D eigenvalue weighted by Crippen LogP contribution is -2.45. The molecule has 1 fully saturated rings. The summed E-state index contributed by atoms with van der Waals surface area (Å²) in [5, 5.41) is 13.5. The molecule has 3 rings (SSSR count). The molecule has 1 heterocycles. The number of likely N-dealkylation sites (tertiary alicyclic amines) is 1. The number of anilines is 1. The highest BCUT2D eigenvalue weighted by atomic mass is 16.3. The maximum Gasteiger partial charge on any atom is 0.221 e. The number of Topliss-reactive ketones (excluding diaryl/α,β-unsaturated/α-hetero) is 1. The van der Waals surface area contributed by atoms with Crippen LogP contribution in [-0.2, 0) is 11.3 Å². The first-order valence-corrected chi connectivity index (χ1v) is 9.33. The number of aliphatic hydroxyl groups is 1. The van der Waals surface area contributed by atoms with Crippen LogP contribution in [0.2, 0.25) is 0 Å². The highest BCUT2D eigenvalue weighted by Crippen LogP contribution is 2.28. The fourth-order valence-corrected chi connectivity index (χ4v) is 3.49. The Morgan fingerprint density at radius 3 is 2.26 bits per heavy atom. The number of carbonyl (C=O) groups is 2. The van der Waals surface area contributed by atoms with Crippen molar-refractivity contribution in [1.29, 1.82) is 0 Å². The fourth-order valence-electron chi connectivity index (χ4n) is 3.49. The lowest BCUT2D eigenvalue weighted by Gasteiger charge is -2.38. The van der Waals surface area contributed by atoms with E-state index in [4.69, 9.17) is 0 Å². The molecule has 0 spiro atoms. The Kier molecular flexibility index (Phi) is 6.04. The Morgan fingerprint density at radius 1 is 1.04 bits per heavy atom. The minimum absolute atomic E-state index is 0.0663. The molecule has 0 aromatic heterocycles. The molecule has 0 atom stereocenters. The van der Waals surface area contributed by atoms with Crippen molar-refractivity contribution >= 4 is 17.4 Å². The lowest BCUT2D eigenvalue weighted by molar-refractivity contribution is -0.114. The zero-order valence-corrected chi connectivity index (χ0v) is 15.6. The number of benzene rings is 2. The molecule has 0 unspecified atom stereocenters. The first-order chi connectivity index (χ1) is 12.9. The molecule has 2 N–H and O–H groups in total. The number of nitrogens with one attached hydrogen (secondary N) is 1.